The molecule has 27 heavy (non-hydrogen) atoms. The van der Waals surface area contributed by atoms with Crippen molar-refractivity contribution in [3.63, 3.8) is 0 Å². The predicted molar refractivity (Wildman–Crippen MR) is 108 cm³/mol. The van der Waals surface area contributed by atoms with Gasteiger partial charge in [-0.3, -0.25) is 9.78 Å². The van der Waals surface area contributed by atoms with Crippen LogP contribution in [0.1, 0.15) is 23.2 Å². The van der Waals surface area contributed by atoms with E-state index in [2.05, 4.69) is 10.3 Å². The van der Waals surface area contributed by atoms with Crippen molar-refractivity contribution in [1.82, 2.24) is 20.2 Å². The van der Waals surface area contributed by atoms with Gasteiger partial charge >= 0.3 is 0 Å². The van der Waals surface area contributed by atoms with Crippen molar-refractivity contribution < 1.29 is 4.79 Å². The van der Waals surface area contributed by atoms with Crippen molar-refractivity contribution in [1.29, 1.82) is 0 Å². The Morgan fingerprint density at radius 2 is 2.04 bits per heavy atom. The fraction of sp³-hybridized carbons (Fsp3) is 0.318. The molecule has 0 aliphatic carbocycles. The summed E-state index contributed by atoms with van der Waals surface area (Å²) in [6, 6.07) is 13.7. The summed E-state index contributed by atoms with van der Waals surface area (Å²) in [6.07, 6.45) is 5.73. The molecule has 4 rings (SSSR count). The third-order valence-corrected chi connectivity index (χ3v) is 5.22. The molecule has 1 atom stereocenters. The van der Waals surface area contributed by atoms with Crippen LogP contribution in [-0.2, 0) is 0 Å². The molecule has 5 nitrogen and oxygen atoms in total. The standard InChI is InChI=1S/C22H24N4O/c1-23-14-16-5-4-12-26(15-16)22(27)19-13-21(17-8-10-24-11-9-17)25-20-7-3-2-6-18(19)20/h2-3,6-11,13,16,23H,4-5,12,14-15H2,1H3. The van der Waals surface area contributed by atoms with Gasteiger partial charge in [0.05, 0.1) is 16.8 Å². The number of rotatable bonds is 4. The third kappa shape index (κ3) is 3.69. The number of benzene rings is 1. The van der Waals surface area contributed by atoms with Crippen molar-refractivity contribution in [3.8, 4) is 11.3 Å². The van der Waals surface area contributed by atoms with Crippen molar-refractivity contribution >= 4 is 16.8 Å². The maximum absolute atomic E-state index is 13.4. The molecule has 0 spiro atoms. The zero-order valence-electron chi connectivity index (χ0n) is 15.6. The van der Waals surface area contributed by atoms with E-state index in [1.807, 2.05) is 54.4 Å². The zero-order valence-corrected chi connectivity index (χ0v) is 15.6. The normalized spacial score (nSPS) is 17.2. The Morgan fingerprint density at radius 1 is 1.22 bits per heavy atom. The van der Waals surface area contributed by atoms with E-state index >= 15 is 0 Å². The van der Waals surface area contributed by atoms with Gasteiger partial charge in [-0.1, -0.05) is 18.2 Å². The minimum absolute atomic E-state index is 0.102. The molecule has 3 heterocycles. The molecule has 5 heteroatoms. The zero-order chi connectivity index (χ0) is 18.6. The number of amides is 1. The fourth-order valence-corrected chi connectivity index (χ4v) is 3.90. The highest BCUT2D eigenvalue weighted by atomic mass is 16.2. The topological polar surface area (TPSA) is 58.1 Å². The van der Waals surface area contributed by atoms with Crippen LogP contribution in [0.5, 0.6) is 0 Å². The number of nitrogens with one attached hydrogen (secondary N) is 1. The Morgan fingerprint density at radius 3 is 2.85 bits per heavy atom. The highest BCUT2D eigenvalue weighted by molar-refractivity contribution is 6.07. The average molecular weight is 360 g/mol. The number of piperidine rings is 1. The van der Waals surface area contributed by atoms with E-state index in [1.165, 1.54) is 6.42 Å². The molecule has 2 aromatic heterocycles. The van der Waals surface area contributed by atoms with Crippen LogP contribution in [0.2, 0.25) is 0 Å². The van der Waals surface area contributed by atoms with E-state index in [0.29, 0.717) is 5.92 Å². The lowest BCUT2D eigenvalue weighted by molar-refractivity contribution is 0.0676. The minimum Gasteiger partial charge on any atom is -0.338 e. The molecule has 1 aliphatic rings. The van der Waals surface area contributed by atoms with E-state index in [0.717, 1.165) is 53.8 Å². The van der Waals surface area contributed by atoms with Crippen LogP contribution in [0.15, 0.2) is 54.9 Å². The lowest BCUT2D eigenvalue weighted by Gasteiger charge is -2.33. The molecule has 0 radical (unpaired) electrons. The first kappa shape index (κ1) is 17.6. The Labute approximate surface area is 159 Å². The average Bonchev–Trinajstić information content (AvgIpc) is 2.73. The number of aromatic nitrogens is 2. The summed E-state index contributed by atoms with van der Waals surface area (Å²) >= 11 is 0. The predicted octanol–water partition coefficient (Wildman–Crippen LogP) is 3.37. The van der Waals surface area contributed by atoms with E-state index < -0.39 is 0 Å². The van der Waals surface area contributed by atoms with Crippen LogP contribution in [-0.4, -0.2) is 47.5 Å². The lowest BCUT2D eigenvalue weighted by Crippen LogP contribution is -2.42. The molecule has 1 amide bonds. The number of hydrogen-bond acceptors (Lipinski definition) is 4. The van der Waals surface area contributed by atoms with E-state index in [-0.39, 0.29) is 5.91 Å². The van der Waals surface area contributed by atoms with Gasteiger partial charge in [-0.05, 0) is 56.6 Å². The van der Waals surface area contributed by atoms with Gasteiger partial charge in [-0.25, -0.2) is 4.98 Å². The number of pyridine rings is 2. The van der Waals surface area contributed by atoms with Crippen molar-refractivity contribution in [2.24, 2.45) is 5.92 Å². The van der Waals surface area contributed by atoms with Crippen LogP contribution < -0.4 is 5.32 Å². The summed E-state index contributed by atoms with van der Waals surface area (Å²) in [5.41, 5.74) is 3.36. The molecule has 1 unspecified atom stereocenters. The molecular formula is C22H24N4O. The van der Waals surface area contributed by atoms with E-state index in [1.54, 1.807) is 12.4 Å². The van der Waals surface area contributed by atoms with Gasteiger partial charge in [-0.15, -0.1) is 0 Å². The molecule has 1 saturated heterocycles. The quantitative estimate of drug-likeness (QED) is 0.775. The monoisotopic (exact) mass is 360 g/mol. The van der Waals surface area contributed by atoms with Gasteiger partial charge < -0.3 is 10.2 Å². The minimum atomic E-state index is 0.102. The first-order valence-corrected chi connectivity index (χ1v) is 9.50. The summed E-state index contributed by atoms with van der Waals surface area (Å²) in [5.74, 6) is 0.616. The number of hydrogen-bond donors (Lipinski definition) is 1. The van der Waals surface area contributed by atoms with Crippen LogP contribution in [0.3, 0.4) is 0 Å². The first-order valence-electron chi connectivity index (χ1n) is 9.50. The number of para-hydroxylation sites is 1. The number of carbonyl (C=O) groups excluding carboxylic acids is 1. The number of nitrogens with zero attached hydrogens (tertiary/aromatic N) is 3. The van der Waals surface area contributed by atoms with Gasteiger partial charge in [0, 0.05) is 36.4 Å². The van der Waals surface area contributed by atoms with Crippen molar-refractivity contribution in [3.05, 3.63) is 60.4 Å². The molecule has 1 fully saturated rings. The summed E-state index contributed by atoms with van der Waals surface area (Å²) in [5, 5.41) is 4.16. The highest BCUT2D eigenvalue weighted by Crippen LogP contribution is 2.27. The molecule has 0 bridgehead atoms. The van der Waals surface area contributed by atoms with E-state index in [4.69, 9.17) is 4.98 Å². The molecule has 1 aliphatic heterocycles. The van der Waals surface area contributed by atoms with Crippen molar-refractivity contribution in [2.45, 2.75) is 12.8 Å². The van der Waals surface area contributed by atoms with Crippen LogP contribution in [0.4, 0.5) is 0 Å². The van der Waals surface area contributed by atoms with Crippen LogP contribution in [0.25, 0.3) is 22.2 Å². The number of likely N-dealkylation sites (tertiary alicyclic amines) is 1. The summed E-state index contributed by atoms with van der Waals surface area (Å²) < 4.78 is 0. The molecule has 138 valence electrons. The maximum Gasteiger partial charge on any atom is 0.254 e. The maximum atomic E-state index is 13.4. The van der Waals surface area contributed by atoms with Gasteiger partial charge in [0.15, 0.2) is 0 Å². The fourth-order valence-electron chi connectivity index (χ4n) is 3.90. The second kappa shape index (κ2) is 7.84. The van der Waals surface area contributed by atoms with Gasteiger partial charge in [-0.2, -0.15) is 0 Å². The van der Waals surface area contributed by atoms with Crippen molar-refractivity contribution in [2.75, 3.05) is 26.7 Å². The summed E-state index contributed by atoms with van der Waals surface area (Å²) in [4.78, 5) is 24.3. The van der Waals surface area contributed by atoms with E-state index in [9.17, 15) is 4.79 Å². The Balaban J connectivity index is 1.74. The van der Waals surface area contributed by atoms with Gasteiger partial charge in [0.1, 0.15) is 0 Å². The SMILES string of the molecule is CNCC1CCCN(C(=O)c2cc(-c3ccncc3)nc3ccccc23)C1. The Bertz CT molecular complexity index is 939. The Kier molecular flexibility index (Phi) is 5.12. The molecular weight excluding hydrogens is 336 g/mol. The number of carbonyl (C=O) groups is 1. The second-order valence-corrected chi connectivity index (χ2v) is 7.13. The van der Waals surface area contributed by atoms with Crippen LogP contribution >= 0.6 is 0 Å². The third-order valence-electron chi connectivity index (χ3n) is 5.22. The van der Waals surface area contributed by atoms with Gasteiger partial charge in [0.25, 0.3) is 5.91 Å². The number of fused-ring (bicyclic) bond motifs is 1. The molecule has 3 aromatic rings. The highest BCUT2D eigenvalue weighted by Gasteiger charge is 2.25. The van der Waals surface area contributed by atoms with Gasteiger partial charge in [0.2, 0.25) is 0 Å². The first-order chi connectivity index (χ1) is 13.3. The second-order valence-electron chi connectivity index (χ2n) is 7.13. The lowest BCUT2D eigenvalue weighted by atomic mass is 9.96. The largest absolute Gasteiger partial charge is 0.338 e. The summed E-state index contributed by atoms with van der Waals surface area (Å²) in [7, 11) is 1.97. The molecule has 1 aromatic carbocycles. The molecule has 0 saturated carbocycles. The van der Waals surface area contributed by atoms with Crippen LogP contribution in [0, 0.1) is 5.92 Å². The smallest absolute Gasteiger partial charge is 0.254 e. The Hall–Kier alpha value is -2.79. The summed E-state index contributed by atoms with van der Waals surface area (Å²) in [6.45, 7) is 2.57. The molecule has 1 N–H and O–H groups in total.